The van der Waals surface area contributed by atoms with E-state index in [4.69, 9.17) is 23.1 Å². The van der Waals surface area contributed by atoms with Crippen LogP contribution in [0.3, 0.4) is 0 Å². The van der Waals surface area contributed by atoms with Gasteiger partial charge in [-0.3, -0.25) is 4.79 Å². The number of carbonyl (C=O) groups is 1. The maximum Gasteiger partial charge on any atom is 0.254 e. The fraction of sp³-hybridized carbons (Fsp3) is 0. The fourth-order valence-corrected chi connectivity index (χ4v) is 1.60. The molecule has 0 saturated carbocycles. The van der Waals surface area contributed by atoms with E-state index >= 15 is 0 Å². The molecule has 0 aliphatic rings. The van der Waals surface area contributed by atoms with Crippen LogP contribution in [0.2, 0.25) is 5.02 Å². The average Bonchev–Trinajstić information content (AvgIpc) is 2.64. The fourth-order valence-electron chi connectivity index (χ4n) is 1.40. The molecule has 1 amide bonds. The summed E-state index contributed by atoms with van der Waals surface area (Å²) in [4.78, 5) is 11.0. The van der Waals surface area contributed by atoms with Crippen molar-refractivity contribution in [1.82, 2.24) is 9.78 Å². The first-order chi connectivity index (χ1) is 8.00. The summed E-state index contributed by atoms with van der Waals surface area (Å²) in [6.07, 6.45) is 1.25. The quantitative estimate of drug-likeness (QED) is 0.738. The molecular formula is C10H9ClN4O2. The van der Waals surface area contributed by atoms with Crippen LogP contribution in [0.5, 0.6) is 5.75 Å². The minimum atomic E-state index is -0.676. The van der Waals surface area contributed by atoms with Crippen molar-refractivity contribution in [2.24, 2.45) is 5.73 Å². The monoisotopic (exact) mass is 252 g/mol. The first kappa shape index (κ1) is 11.3. The molecule has 0 spiro atoms. The van der Waals surface area contributed by atoms with Crippen molar-refractivity contribution >= 4 is 23.3 Å². The standard InChI is InChI=1S/C10H9ClN4O2/c11-7-2-1-5(16)3-8(7)15-9(12)6(4-14-15)10(13)17/h1-4,16H,12H2,(H2,13,17). The highest BCUT2D eigenvalue weighted by molar-refractivity contribution is 6.32. The number of hydrogen-bond acceptors (Lipinski definition) is 4. The molecular weight excluding hydrogens is 244 g/mol. The van der Waals surface area contributed by atoms with Gasteiger partial charge in [-0.25, -0.2) is 4.68 Å². The second-order valence-electron chi connectivity index (χ2n) is 3.36. The lowest BCUT2D eigenvalue weighted by atomic mass is 10.3. The predicted molar refractivity (Wildman–Crippen MR) is 63.2 cm³/mol. The van der Waals surface area contributed by atoms with E-state index in [2.05, 4.69) is 5.10 Å². The molecule has 0 unspecified atom stereocenters. The van der Waals surface area contributed by atoms with E-state index in [1.54, 1.807) is 0 Å². The Morgan fingerprint density at radius 3 is 2.76 bits per heavy atom. The van der Waals surface area contributed by atoms with E-state index in [9.17, 15) is 9.90 Å². The summed E-state index contributed by atoms with van der Waals surface area (Å²) in [5.74, 6) is -0.588. The second kappa shape index (κ2) is 3.99. The number of nitrogen functional groups attached to an aromatic ring is 1. The van der Waals surface area contributed by atoms with Gasteiger partial charge in [0.15, 0.2) is 0 Å². The van der Waals surface area contributed by atoms with Crippen molar-refractivity contribution in [3.8, 4) is 11.4 Å². The van der Waals surface area contributed by atoms with Crippen LogP contribution in [0.15, 0.2) is 24.4 Å². The summed E-state index contributed by atoms with van der Waals surface area (Å²) in [5, 5.41) is 13.6. The SMILES string of the molecule is NC(=O)c1cnn(-c2cc(O)ccc2Cl)c1N. The third-order valence-corrected chi connectivity index (χ3v) is 2.55. The predicted octanol–water partition coefficient (Wildman–Crippen LogP) is 0.912. The zero-order chi connectivity index (χ0) is 12.6. The third kappa shape index (κ3) is 1.90. The van der Waals surface area contributed by atoms with Crippen LogP contribution in [0.25, 0.3) is 5.69 Å². The van der Waals surface area contributed by atoms with Crippen LogP contribution in [-0.4, -0.2) is 20.8 Å². The summed E-state index contributed by atoms with van der Waals surface area (Å²) in [5.41, 5.74) is 11.3. The maximum absolute atomic E-state index is 11.0. The number of aromatic hydroxyl groups is 1. The summed E-state index contributed by atoms with van der Waals surface area (Å²) in [6, 6.07) is 4.31. The summed E-state index contributed by atoms with van der Waals surface area (Å²) in [7, 11) is 0. The van der Waals surface area contributed by atoms with Gasteiger partial charge < -0.3 is 16.6 Å². The van der Waals surface area contributed by atoms with Gasteiger partial charge in [-0.2, -0.15) is 5.10 Å². The number of aromatic nitrogens is 2. The molecule has 0 atom stereocenters. The number of nitrogens with zero attached hydrogens (tertiary/aromatic N) is 2. The summed E-state index contributed by atoms with van der Waals surface area (Å²) < 4.78 is 1.24. The van der Waals surface area contributed by atoms with Crippen molar-refractivity contribution in [2.45, 2.75) is 0 Å². The Morgan fingerprint density at radius 1 is 1.47 bits per heavy atom. The molecule has 5 N–H and O–H groups in total. The molecule has 0 radical (unpaired) electrons. The lowest BCUT2D eigenvalue weighted by Crippen LogP contribution is -2.13. The topological polar surface area (TPSA) is 107 Å². The Kier molecular flexibility index (Phi) is 2.64. The number of primary amides is 1. The van der Waals surface area contributed by atoms with Crippen molar-refractivity contribution in [3.63, 3.8) is 0 Å². The smallest absolute Gasteiger partial charge is 0.254 e. The van der Waals surface area contributed by atoms with E-state index in [1.165, 1.54) is 29.1 Å². The Morgan fingerprint density at radius 2 is 2.18 bits per heavy atom. The van der Waals surface area contributed by atoms with Gasteiger partial charge in [-0.05, 0) is 12.1 Å². The van der Waals surface area contributed by atoms with Gasteiger partial charge >= 0.3 is 0 Å². The van der Waals surface area contributed by atoms with Gasteiger partial charge in [0.2, 0.25) is 0 Å². The molecule has 6 nitrogen and oxygen atoms in total. The molecule has 0 aliphatic carbocycles. The Bertz CT molecular complexity index is 594. The average molecular weight is 253 g/mol. The zero-order valence-corrected chi connectivity index (χ0v) is 9.35. The summed E-state index contributed by atoms with van der Waals surface area (Å²) >= 11 is 5.95. The van der Waals surface area contributed by atoms with E-state index in [0.717, 1.165) is 0 Å². The number of phenols is 1. The minimum Gasteiger partial charge on any atom is -0.508 e. The Balaban J connectivity index is 2.61. The zero-order valence-electron chi connectivity index (χ0n) is 8.59. The van der Waals surface area contributed by atoms with Gasteiger partial charge in [-0.15, -0.1) is 0 Å². The minimum absolute atomic E-state index is 0.0138. The molecule has 7 heteroatoms. The van der Waals surface area contributed by atoms with E-state index in [1.807, 2.05) is 0 Å². The van der Waals surface area contributed by atoms with Crippen molar-refractivity contribution in [1.29, 1.82) is 0 Å². The van der Waals surface area contributed by atoms with Crippen LogP contribution < -0.4 is 11.5 Å². The molecule has 88 valence electrons. The van der Waals surface area contributed by atoms with Gasteiger partial charge in [-0.1, -0.05) is 11.6 Å². The lowest BCUT2D eigenvalue weighted by Gasteiger charge is -2.07. The number of carbonyl (C=O) groups excluding carboxylic acids is 1. The molecule has 1 aromatic heterocycles. The number of rotatable bonds is 2. The Hall–Kier alpha value is -2.21. The first-order valence-electron chi connectivity index (χ1n) is 4.63. The molecule has 0 bridgehead atoms. The number of nitrogens with two attached hydrogens (primary N) is 2. The van der Waals surface area contributed by atoms with Crippen LogP contribution >= 0.6 is 11.6 Å². The van der Waals surface area contributed by atoms with Gasteiger partial charge in [0.25, 0.3) is 5.91 Å². The van der Waals surface area contributed by atoms with Crippen LogP contribution in [0.4, 0.5) is 5.82 Å². The largest absolute Gasteiger partial charge is 0.508 e. The molecule has 2 rings (SSSR count). The number of anilines is 1. The Labute approximate surface area is 101 Å². The van der Waals surface area contributed by atoms with E-state index in [-0.39, 0.29) is 17.1 Å². The molecule has 1 aromatic carbocycles. The van der Waals surface area contributed by atoms with Gasteiger partial charge in [0.05, 0.1) is 16.9 Å². The number of halogens is 1. The van der Waals surface area contributed by atoms with Crippen LogP contribution in [-0.2, 0) is 0 Å². The maximum atomic E-state index is 11.0. The highest BCUT2D eigenvalue weighted by Gasteiger charge is 2.15. The summed E-state index contributed by atoms with van der Waals surface area (Å²) in [6.45, 7) is 0. The van der Waals surface area contributed by atoms with Crippen LogP contribution in [0.1, 0.15) is 10.4 Å². The highest BCUT2D eigenvalue weighted by Crippen LogP contribution is 2.27. The van der Waals surface area contributed by atoms with Crippen molar-refractivity contribution in [3.05, 3.63) is 35.0 Å². The normalized spacial score (nSPS) is 10.4. The van der Waals surface area contributed by atoms with Crippen molar-refractivity contribution in [2.75, 3.05) is 5.73 Å². The third-order valence-electron chi connectivity index (χ3n) is 2.23. The van der Waals surface area contributed by atoms with E-state index in [0.29, 0.717) is 10.7 Å². The lowest BCUT2D eigenvalue weighted by molar-refractivity contribution is 0.100. The molecule has 0 fully saturated rings. The molecule has 17 heavy (non-hydrogen) atoms. The molecule has 0 aliphatic heterocycles. The van der Waals surface area contributed by atoms with E-state index < -0.39 is 5.91 Å². The molecule has 2 aromatic rings. The van der Waals surface area contributed by atoms with Crippen LogP contribution in [0, 0.1) is 0 Å². The van der Waals surface area contributed by atoms with Gasteiger partial charge in [0, 0.05) is 6.07 Å². The molecule has 0 saturated heterocycles. The number of hydrogen-bond donors (Lipinski definition) is 3. The molecule has 1 heterocycles. The number of phenolic OH excluding ortho intramolecular Hbond substituents is 1. The van der Waals surface area contributed by atoms with Crippen molar-refractivity contribution < 1.29 is 9.90 Å². The highest BCUT2D eigenvalue weighted by atomic mass is 35.5. The second-order valence-corrected chi connectivity index (χ2v) is 3.76. The number of benzene rings is 1. The van der Waals surface area contributed by atoms with Gasteiger partial charge in [0.1, 0.15) is 17.1 Å². The number of amides is 1. The first-order valence-corrected chi connectivity index (χ1v) is 5.00.